The van der Waals surface area contributed by atoms with Crippen LogP contribution in [0.15, 0.2) is 6.07 Å². The molecule has 108 valence electrons. The van der Waals surface area contributed by atoms with E-state index in [1.54, 1.807) is 0 Å². The van der Waals surface area contributed by atoms with Crippen molar-refractivity contribution >= 4 is 18.3 Å². The van der Waals surface area contributed by atoms with Gasteiger partial charge in [-0.05, 0) is 37.9 Å². The zero-order valence-electron chi connectivity index (χ0n) is 11.8. The van der Waals surface area contributed by atoms with Crippen LogP contribution in [0.3, 0.4) is 0 Å². The first-order valence-electron chi connectivity index (χ1n) is 6.61. The van der Waals surface area contributed by atoms with Gasteiger partial charge in [-0.2, -0.15) is 5.10 Å². The molecule has 0 radical (unpaired) electrons. The van der Waals surface area contributed by atoms with Crippen molar-refractivity contribution in [1.29, 1.82) is 0 Å². The second-order valence-corrected chi connectivity index (χ2v) is 5.33. The van der Waals surface area contributed by atoms with Crippen LogP contribution in [0.4, 0.5) is 0 Å². The quantitative estimate of drug-likeness (QED) is 0.884. The predicted octanol–water partition coefficient (Wildman–Crippen LogP) is 1.64. The van der Waals surface area contributed by atoms with Crippen LogP contribution < -0.4 is 5.32 Å². The van der Waals surface area contributed by atoms with Gasteiger partial charge in [-0.15, -0.1) is 12.4 Å². The zero-order valence-corrected chi connectivity index (χ0v) is 12.6. The van der Waals surface area contributed by atoms with E-state index in [4.69, 9.17) is 0 Å². The average molecular weight is 287 g/mol. The van der Waals surface area contributed by atoms with Gasteiger partial charge >= 0.3 is 0 Å². The molecule has 1 aliphatic heterocycles. The molecule has 0 bridgehead atoms. The zero-order chi connectivity index (χ0) is 13.1. The van der Waals surface area contributed by atoms with E-state index >= 15 is 0 Å². The molecular weight excluding hydrogens is 264 g/mol. The molecule has 1 atom stereocenters. The van der Waals surface area contributed by atoms with E-state index in [2.05, 4.69) is 29.4 Å². The van der Waals surface area contributed by atoms with Crippen molar-refractivity contribution in [3.8, 4) is 0 Å². The third-order valence-corrected chi connectivity index (χ3v) is 3.50. The van der Waals surface area contributed by atoms with Crippen LogP contribution in [0, 0.1) is 5.92 Å². The highest BCUT2D eigenvalue weighted by atomic mass is 35.5. The number of hydrogen-bond acceptors (Lipinski definition) is 3. The lowest BCUT2D eigenvalue weighted by Gasteiger charge is -2.14. The molecule has 2 rings (SSSR count). The summed E-state index contributed by atoms with van der Waals surface area (Å²) >= 11 is 0. The molecule has 5 nitrogen and oxygen atoms in total. The molecule has 1 amide bonds. The Morgan fingerprint density at radius 1 is 1.63 bits per heavy atom. The van der Waals surface area contributed by atoms with Crippen molar-refractivity contribution in [2.75, 3.05) is 26.7 Å². The SMILES string of the molecule is CNCC1CCN(C(=O)c2cc(C(C)C)[nH]n2)C1.Cl. The van der Waals surface area contributed by atoms with Gasteiger partial charge < -0.3 is 10.2 Å². The van der Waals surface area contributed by atoms with Gasteiger partial charge in [-0.1, -0.05) is 13.8 Å². The first-order chi connectivity index (χ1) is 8.61. The summed E-state index contributed by atoms with van der Waals surface area (Å²) in [7, 11) is 1.95. The minimum atomic E-state index is 0. The van der Waals surface area contributed by atoms with E-state index in [-0.39, 0.29) is 18.3 Å². The number of H-pyrrole nitrogens is 1. The highest BCUT2D eigenvalue weighted by Gasteiger charge is 2.27. The molecule has 0 aliphatic carbocycles. The molecule has 0 aromatic carbocycles. The molecule has 1 fully saturated rings. The molecule has 1 aliphatic rings. The van der Waals surface area contributed by atoms with Crippen LogP contribution in [-0.2, 0) is 0 Å². The Balaban J connectivity index is 0.00000180. The molecule has 2 N–H and O–H groups in total. The van der Waals surface area contributed by atoms with Crippen molar-refractivity contribution in [3.63, 3.8) is 0 Å². The third-order valence-electron chi connectivity index (χ3n) is 3.50. The molecule has 1 aromatic rings. The molecule has 2 heterocycles. The Morgan fingerprint density at radius 3 is 2.95 bits per heavy atom. The third kappa shape index (κ3) is 3.70. The van der Waals surface area contributed by atoms with Gasteiger partial charge in [-0.3, -0.25) is 9.89 Å². The van der Waals surface area contributed by atoms with Crippen molar-refractivity contribution in [1.82, 2.24) is 20.4 Å². The topological polar surface area (TPSA) is 61.0 Å². The molecule has 6 heteroatoms. The van der Waals surface area contributed by atoms with Gasteiger partial charge in [0.15, 0.2) is 0 Å². The normalized spacial score (nSPS) is 18.7. The van der Waals surface area contributed by atoms with Gasteiger partial charge in [0.2, 0.25) is 0 Å². The fraction of sp³-hybridized carbons (Fsp3) is 0.692. The fourth-order valence-corrected chi connectivity index (χ4v) is 2.38. The minimum Gasteiger partial charge on any atom is -0.337 e. The number of hydrogen-bond donors (Lipinski definition) is 2. The van der Waals surface area contributed by atoms with Crippen LogP contribution in [-0.4, -0.2) is 47.7 Å². The number of rotatable bonds is 4. The summed E-state index contributed by atoms with van der Waals surface area (Å²) in [4.78, 5) is 14.2. The summed E-state index contributed by atoms with van der Waals surface area (Å²) < 4.78 is 0. The van der Waals surface area contributed by atoms with E-state index in [1.807, 2.05) is 18.0 Å². The number of likely N-dealkylation sites (tertiary alicyclic amines) is 1. The number of halogens is 1. The van der Waals surface area contributed by atoms with Gasteiger partial charge in [0.25, 0.3) is 5.91 Å². The maximum atomic E-state index is 12.3. The summed E-state index contributed by atoms with van der Waals surface area (Å²) in [5, 5.41) is 10.2. The summed E-state index contributed by atoms with van der Waals surface area (Å²) in [5.74, 6) is 0.994. The van der Waals surface area contributed by atoms with Crippen molar-refractivity contribution in [2.24, 2.45) is 5.92 Å². The van der Waals surface area contributed by atoms with E-state index in [0.717, 1.165) is 31.7 Å². The molecule has 0 saturated carbocycles. The Hall–Kier alpha value is -1.07. The Morgan fingerprint density at radius 2 is 2.37 bits per heavy atom. The maximum absolute atomic E-state index is 12.3. The van der Waals surface area contributed by atoms with Crippen LogP contribution in [0.1, 0.15) is 42.4 Å². The lowest BCUT2D eigenvalue weighted by atomic mass is 10.1. The van der Waals surface area contributed by atoms with Gasteiger partial charge in [0, 0.05) is 18.8 Å². The fourth-order valence-electron chi connectivity index (χ4n) is 2.38. The Kier molecular flexibility index (Phi) is 5.82. The van der Waals surface area contributed by atoms with Crippen LogP contribution in [0.5, 0.6) is 0 Å². The lowest BCUT2D eigenvalue weighted by molar-refractivity contribution is 0.0781. The lowest BCUT2D eigenvalue weighted by Crippen LogP contribution is -2.30. The standard InChI is InChI=1S/C13H22N4O.ClH/c1-9(2)11-6-12(16-15-11)13(18)17-5-4-10(8-17)7-14-3;/h6,9-10,14H,4-5,7-8H2,1-3H3,(H,15,16);1H. The summed E-state index contributed by atoms with van der Waals surface area (Å²) in [5.41, 5.74) is 1.56. The molecule has 19 heavy (non-hydrogen) atoms. The van der Waals surface area contributed by atoms with Crippen molar-refractivity contribution in [2.45, 2.75) is 26.2 Å². The van der Waals surface area contributed by atoms with E-state index in [0.29, 0.717) is 17.5 Å². The van der Waals surface area contributed by atoms with Crippen molar-refractivity contribution in [3.05, 3.63) is 17.5 Å². The van der Waals surface area contributed by atoms with Gasteiger partial charge in [0.05, 0.1) is 0 Å². The Bertz CT molecular complexity index is 419. The highest BCUT2D eigenvalue weighted by Crippen LogP contribution is 2.19. The molecule has 1 unspecified atom stereocenters. The Labute approximate surface area is 120 Å². The number of nitrogens with one attached hydrogen (secondary N) is 2. The first-order valence-corrected chi connectivity index (χ1v) is 6.61. The van der Waals surface area contributed by atoms with Crippen LogP contribution in [0.2, 0.25) is 0 Å². The second-order valence-electron chi connectivity index (χ2n) is 5.33. The number of amides is 1. The molecule has 1 saturated heterocycles. The van der Waals surface area contributed by atoms with Crippen LogP contribution >= 0.6 is 12.4 Å². The van der Waals surface area contributed by atoms with E-state index in [1.165, 1.54) is 0 Å². The monoisotopic (exact) mass is 286 g/mol. The number of carbonyl (C=O) groups excluding carboxylic acids is 1. The molecule has 0 spiro atoms. The first kappa shape index (κ1) is 16.0. The highest BCUT2D eigenvalue weighted by molar-refractivity contribution is 5.92. The summed E-state index contributed by atoms with van der Waals surface area (Å²) in [6.07, 6.45) is 1.08. The molecular formula is C13H23ClN4O. The number of nitrogens with zero attached hydrogens (tertiary/aromatic N) is 2. The summed E-state index contributed by atoms with van der Waals surface area (Å²) in [6, 6.07) is 1.87. The number of aromatic nitrogens is 2. The largest absolute Gasteiger partial charge is 0.337 e. The van der Waals surface area contributed by atoms with Crippen LogP contribution in [0.25, 0.3) is 0 Å². The number of aromatic amines is 1. The maximum Gasteiger partial charge on any atom is 0.274 e. The molecule has 1 aromatic heterocycles. The smallest absolute Gasteiger partial charge is 0.274 e. The van der Waals surface area contributed by atoms with Crippen molar-refractivity contribution < 1.29 is 4.79 Å². The average Bonchev–Trinajstić information content (AvgIpc) is 2.97. The minimum absolute atomic E-state index is 0. The second kappa shape index (κ2) is 6.91. The van der Waals surface area contributed by atoms with Gasteiger partial charge in [0.1, 0.15) is 5.69 Å². The van der Waals surface area contributed by atoms with Gasteiger partial charge in [-0.25, -0.2) is 0 Å². The summed E-state index contributed by atoms with van der Waals surface area (Å²) in [6.45, 7) is 6.82. The number of carbonyl (C=O) groups is 1. The van der Waals surface area contributed by atoms with E-state index < -0.39 is 0 Å². The van der Waals surface area contributed by atoms with E-state index in [9.17, 15) is 4.79 Å². The predicted molar refractivity (Wildman–Crippen MR) is 77.9 cm³/mol.